The van der Waals surface area contributed by atoms with Crippen LogP contribution >= 0.6 is 0 Å². The van der Waals surface area contributed by atoms with E-state index in [4.69, 9.17) is 24.1 Å². The molecule has 1 N–H and O–H groups in total. The summed E-state index contributed by atoms with van der Waals surface area (Å²) >= 11 is 0. The molecular weight excluding hydrogens is 444 g/mol. The van der Waals surface area contributed by atoms with Crippen molar-refractivity contribution in [2.45, 2.75) is 45.3 Å². The number of fused-ring (bicyclic) bond motifs is 1. The van der Waals surface area contributed by atoms with Gasteiger partial charge in [0, 0.05) is 24.0 Å². The first kappa shape index (κ1) is 23.2. The van der Waals surface area contributed by atoms with Crippen LogP contribution in [-0.2, 0) is 16.1 Å². The number of carboxylic acids is 1. The maximum absolute atomic E-state index is 11.1. The van der Waals surface area contributed by atoms with E-state index in [-0.39, 0.29) is 18.4 Å². The van der Waals surface area contributed by atoms with Crippen molar-refractivity contribution in [2.75, 3.05) is 19.8 Å². The topological polar surface area (TPSA) is 74.2 Å². The van der Waals surface area contributed by atoms with Crippen LogP contribution in [-0.4, -0.2) is 37.0 Å². The SMILES string of the molecule is Cc1cc(OC2CCOC2)cc(C)c1-c1cccc(COc2ccc3c(c2)OC[C@H]3CC(=O)O)c1. The van der Waals surface area contributed by atoms with Gasteiger partial charge >= 0.3 is 5.97 Å². The van der Waals surface area contributed by atoms with E-state index >= 15 is 0 Å². The van der Waals surface area contributed by atoms with Crippen molar-refractivity contribution < 1.29 is 28.8 Å². The van der Waals surface area contributed by atoms with Crippen LogP contribution in [0.2, 0.25) is 0 Å². The highest BCUT2D eigenvalue weighted by Crippen LogP contribution is 2.38. The Hall–Kier alpha value is -3.51. The second kappa shape index (κ2) is 10.0. The Morgan fingerprint density at radius 3 is 2.60 bits per heavy atom. The Balaban J connectivity index is 1.28. The van der Waals surface area contributed by atoms with Crippen LogP contribution in [0, 0.1) is 13.8 Å². The zero-order chi connectivity index (χ0) is 24.4. The molecule has 5 rings (SSSR count). The van der Waals surface area contributed by atoms with E-state index < -0.39 is 5.97 Å². The molecule has 35 heavy (non-hydrogen) atoms. The molecule has 0 spiro atoms. The minimum atomic E-state index is -0.817. The predicted octanol–water partition coefficient (Wildman–Crippen LogP) is 5.67. The highest BCUT2D eigenvalue weighted by Gasteiger charge is 2.26. The molecule has 0 radical (unpaired) electrons. The molecule has 2 aliphatic heterocycles. The fourth-order valence-electron chi connectivity index (χ4n) is 4.96. The Kier molecular flexibility index (Phi) is 6.64. The average molecular weight is 475 g/mol. The summed E-state index contributed by atoms with van der Waals surface area (Å²) in [5.74, 6) is 1.38. The molecule has 0 aliphatic carbocycles. The molecule has 3 aromatic rings. The van der Waals surface area contributed by atoms with Crippen molar-refractivity contribution in [2.24, 2.45) is 0 Å². The smallest absolute Gasteiger partial charge is 0.304 e. The molecule has 6 heteroatoms. The van der Waals surface area contributed by atoms with Crippen molar-refractivity contribution >= 4 is 5.97 Å². The molecule has 2 heterocycles. The number of carbonyl (C=O) groups is 1. The lowest BCUT2D eigenvalue weighted by molar-refractivity contribution is -0.137. The zero-order valence-corrected chi connectivity index (χ0v) is 20.1. The summed E-state index contributed by atoms with van der Waals surface area (Å²) in [6.07, 6.45) is 1.13. The van der Waals surface area contributed by atoms with E-state index in [0.29, 0.717) is 31.3 Å². The number of benzene rings is 3. The molecule has 0 amide bonds. The molecule has 1 unspecified atom stereocenters. The molecule has 2 aliphatic rings. The third kappa shape index (κ3) is 5.28. The summed E-state index contributed by atoms with van der Waals surface area (Å²) in [4.78, 5) is 11.1. The van der Waals surface area contributed by atoms with Crippen molar-refractivity contribution in [1.82, 2.24) is 0 Å². The van der Waals surface area contributed by atoms with Gasteiger partial charge in [-0.1, -0.05) is 24.3 Å². The van der Waals surface area contributed by atoms with Crippen LogP contribution in [0.3, 0.4) is 0 Å². The highest BCUT2D eigenvalue weighted by molar-refractivity contribution is 5.72. The molecule has 6 nitrogen and oxygen atoms in total. The lowest BCUT2D eigenvalue weighted by atomic mass is 9.94. The summed E-state index contributed by atoms with van der Waals surface area (Å²) in [5, 5.41) is 9.08. The van der Waals surface area contributed by atoms with Gasteiger partial charge in [0.05, 0.1) is 26.2 Å². The zero-order valence-electron chi connectivity index (χ0n) is 20.1. The number of hydrogen-bond acceptors (Lipinski definition) is 5. The highest BCUT2D eigenvalue weighted by atomic mass is 16.5. The van der Waals surface area contributed by atoms with Crippen LogP contribution in [0.15, 0.2) is 54.6 Å². The number of rotatable bonds is 8. The standard InChI is InChI=1S/C29H30O6/c1-18-10-25(35-24-8-9-32-17-24)11-19(2)29(18)21-5-3-4-20(12-21)15-33-23-6-7-26-22(13-28(30)31)16-34-27(26)14-23/h3-7,10-12,14,22,24H,8-9,13,15-17H2,1-2H3,(H,30,31)/t22-,24?/m1/s1. The van der Waals surface area contributed by atoms with Gasteiger partial charge in [-0.25, -0.2) is 0 Å². The maximum Gasteiger partial charge on any atom is 0.304 e. The third-order valence-corrected chi connectivity index (χ3v) is 6.60. The summed E-state index contributed by atoms with van der Waals surface area (Å²) < 4.78 is 23.3. The van der Waals surface area contributed by atoms with Crippen LogP contribution in [0.4, 0.5) is 0 Å². The number of aryl methyl sites for hydroxylation is 2. The lowest BCUT2D eigenvalue weighted by Gasteiger charge is -2.17. The first-order chi connectivity index (χ1) is 17.0. The molecule has 0 aromatic heterocycles. The Labute approximate surface area is 205 Å². The van der Waals surface area contributed by atoms with Crippen LogP contribution < -0.4 is 14.2 Å². The monoisotopic (exact) mass is 474 g/mol. The van der Waals surface area contributed by atoms with E-state index in [9.17, 15) is 4.79 Å². The van der Waals surface area contributed by atoms with Gasteiger partial charge < -0.3 is 24.1 Å². The Morgan fingerprint density at radius 2 is 1.86 bits per heavy atom. The van der Waals surface area contributed by atoms with E-state index in [2.05, 4.69) is 50.2 Å². The minimum absolute atomic E-state index is 0.0704. The maximum atomic E-state index is 11.1. The Morgan fingerprint density at radius 1 is 1.03 bits per heavy atom. The van der Waals surface area contributed by atoms with Gasteiger partial charge in [0.1, 0.15) is 30.0 Å². The first-order valence-electron chi connectivity index (χ1n) is 12.0. The second-order valence-electron chi connectivity index (χ2n) is 9.33. The van der Waals surface area contributed by atoms with Gasteiger partial charge in [0.15, 0.2) is 0 Å². The van der Waals surface area contributed by atoms with Gasteiger partial charge in [0.25, 0.3) is 0 Å². The largest absolute Gasteiger partial charge is 0.492 e. The molecular formula is C29H30O6. The second-order valence-corrected chi connectivity index (χ2v) is 9.33. The lowest BCUT2D eigenvalue weighted by Crippen LogP contribution is -2.15. The van der Waals surface area contributed by atoms with Crippen LogP contribution in [0.5, 0.6) is 17.2 Å². The molecule has 2 atom stereocenters. The van der Waals surface area contributed by atoms with E-state index in [1.54, 1.807) is 0 Å². The Bertz CT molecular complexity index is 1200. The van der Waals surface area contributed by atoms with Gasteiger partial charge in [-0.05, 0) is 65.9 Å². The van der Waals surface area contributed by atoms with Crippen molar-refractivity contribution in [3.05, 3.63) is 76.9 Å². The van der Waals surface area contributed by atoms with Crippen LogP contribution in [0.25, 0.3) is 11.1 Å². The fourth-order valence-corrected chi connectivity index (χ4v) is 4.96. The molecule has 0 bridgehead atoms. The third-order valence-electron chi connectivity index (χ3n) is 6.60. The molecule has 1 saturated heterocycles. The van der Waals surface area contributed by atoms with Crippen LogP contribution in [0.1, 0.15) is 41.0 Å². The molecule has 1 fully saturated rings. The van der Waals surface area contributed by atoms with E-state index in [0.717, 1.165) is 35.5 Å². The summed E-state index contributed by atoms with van der Waals surface area (Å²) in [6.45, 7) is 6.47. The molecule has 182 valence electrons. The quantitative estimate of drug-likeness (QED) is 0.454. The number of aliphatic carboxylic acids is 1. The summed E-state index contributed by atoms with van der Waals surface area (Å²) in [6, 6.07) is 18.2. The number of hydrogen-bond donors (Lipinski definition) is 1. The van der Waals surface area contributed by atoms with E-state index in [1.165, 1.54) is 16.7 Å². The average Bonchev–Trinajstić information content (AvgIpc) is 3.47. The normalized spacial score (nSPS) is 18.7. The summed E-state index contributed by atoms with van der Waals surface area (Å²) in [7, 11) is 0. The fraction of sp³-hybridized carbons (Fsp3) is 0.345. The first-order valence-corrected chi connectivity index (χ1v) is 12.0. The van der Waals surface area contributed by atoms with Crippen molar-refractivity contribution in [3.63, 3.8) is 0 Å². The number of ether oxygens (including phenoxy) is 4. The van der Waals surface area contributed by atoms with Crippen molar-refractivity contribution in [1.29, 1.82) is 0 Å². The van der Waals surface area contributed by atoms with Gasteiger partial charge in [-0.3, -0.25) is 4.79 Å². The summed E-state index contributed by atoms with van der Waals surface area (Å²) in [5.41, 5.74) is 6.69. The predicted molar refractivity (Wildman–Crippen MR) is 132 cm³/mol. The number of carboxylic acid groups (broad SMARTS) is 1. The van der Waals surface area contributed by atoms with E-state index in [1.807, 2.05) is 18.2 Å². The molecule has 0 saturated carbocycles. The van der Waals surface area contributed by atoms with Crippen molar-refractivity contribution in [3.8, 4) is 28.4 Å². The molecule has 3 aromatic carbocycles. The van der Waals surface area contributed by atoms with Gasteiger partial charge in [-0.2, -0.15) is 0 Å². The minimum Gasteiger partial charge on any atom is -0.492 e. The van der Waals surface area contributed by atoms with Gasteiger partial charge in [-0.15, -0.1) is 0 Å². The van der Waals surface area contributed by atoms with Gasteiger partial charge in [0.2, 0.25) is 0 Å².